The first-order valence-corrected chi connectivity index (χ1v) is 7.95. The van der Waals surface area contributed by atoms with Gasteiger partial charge < -0.3 is 20.4 Å². The Morgan fingerprint density at radius 2 is 2.23 bits per heavy atom. The Morgan fingerprint density at radius 1 is 1.41 bits per heavy atom. The number of anilines is 1. The number of urea groups is 1. The maximum atomic E-state index is 12.0. The number of carbonyl (C=O) groups excluding carboxylic acids is 1. The van der Waals surface area contributed by atoms with Gasteiger partial charge in [-0.2, -0.15) is 0 Å². The number of amides is 2. The molecular weight excluding hydrogens is 278 g/mol. The fourth-order valence-corrected chi connectivity index (χ4v) is 2.87. The molecule has 2 N–H and O–H groups in total. The molecule has 2 amide bonds. The van der Waals surface area contributed by atoms with E-state index < -0.39 is 0 Å². The molecule has 1 aromatic heterocycles. The second-order valence-corrected chi connectivity index (χ2v) is 6.12. The van der Waals surface area contributed by atoms with Crippen molar-refractivity contribution in [3.05, 3.63) is 24.4 Å². The molecule has 6 heteroatoms. The van der Waals surface area contributed by atoms with Crippen LogP contribution in [0.3, 0.4) is 0 Å². The van der Waals surface area contributed by atoms with Gasteiger partial charge in [0.1, 0.15) is 5.82 Å². The summed E-state index contributed by atoms with van der Waals surface area (Å²) in [6.45, 7) is 5.42. The van der Waals surface area contributed by atoms with Gasteiger partial charge in [0.15, 0.2) is 0 Å². The smallest absolute Gasteiger partial charge is 0.315 e. The zero-order chi connectivity index (χ0) is 15.9. The molecule has 0 spiro atoms. The molecule has 0 radical (unpaired) electrons. The molecule has 1 aromatic rings. The van der Waals surface area contributed by atoms with Gasteiger partial charge in [0, 0.05) is 38.3 Å². The average Bonchev–Trinajstić information content (AvgIpc) is 2.88. The van der Waals surface area contributed by atoms with Crippen molar-refractivity contribution in [1.82, 2.24) is 20.5 Å². The molecule has 0 bridgehead atoms. The number of nitrogens with zero attached hydrogens (tertiary/aromatic N) is 3. The lowest BCUT2D eigenvalue weighted by Gasteiger charge is -2.22. The third kappa shape index (κ3) is 4.59. The van der Waals surface area contributed by atoms with Gasteiger partial charge in [0.25, 0.3) is 0 Å². The first kappa shape index (κ1) is 16.5. The molecule has 0 aromatic carbocycles. The molecule has 1 fully saturated rings. The van der Waals surface area contributed by atoms with Crippen LogP contribution in [0, 0.1) is 5.92 Å². The van der Waals surface area contributed by atoms with E-state index in [0.29, 0.717) is 12.5 Å². The van der Waals surface area contributed by atoms with Gasteiger partial charge in [-0.1, -0.05) is 13.0 Å². The summed E-state index contributed by atoms with van der Waals surface area (Å²) < 4.78 is 0. The minimum absolute atomic E-state index is 0.0709. The van der Waals surface area contributed by atoms with Crippen molar-refractivity contribution in [3.8, 4) is 0 Å². The number of hydrogen-bond acceptors (Lipinski definition) is 4. The molecule has 2 heterocycles. The second-order valence-electron chi connectivity index (χ2n) is 6.12. The Hall–Kier alpha value is -1.82. The highest BCUT2D eigenvalue weighted by Crippen LogP contribution is 2.22. The minimum Gasteiger partial charge on any atom is -0.354 e. The molecule has 1 aliphatic heterocycles. The van der Waals surface area contributed by atoms with Crippen LogP contribution in [-0.2, 0) is 0 Å². The summed E-state index contributed by atoms with van der Waals surface area (Å²) >= 11 is 0. The highest BCUT2D eigenvalue weighted by Gasteiger charge is 2.34. The number of pyridine rings is 1. The summed E-state index contributed by atoms with van der Waals surface area (Å²) in [4.78, 5) is 20.8. The lowest BCUT2D eigenvalue weighted by molar-refractivity contribution is 0.230. The second kappa shape index (κ2) is 7.98. The van der Waals surface area contributed by atoms with Crippen molar-refractivity contribution < 1.29 is 4.79 Å². The molecule has 1 aliphatic rings. The van der Waals surface area contributed by atoms with Crippen LogP contribution in [-0.4, -0.2) is 62.2 Å². The number of hydrogen-bond donors (Lipinski definition) is 2. The molecule has 122 valence electrons. The normalized spacial score (nSPS) is 21.2. The van der Waals surface area contributed by atoms with Crippen LogP contribution >= 0.6 is 0 Å². The number of carbonyl (C=O) groups is 1. The summed E-state index contributed by atoms with van der Waals surface area (Å²) in [6.07, 6.45) is 2.75. The summed E-state index contributed by atoms with van der Waals surface area (Å²) in [7, 11) is 4.13. The largest absolute Gasteiger partial charge is 0.354 e. The van der Waals surface area contributed by atoms with Gasteiger partial charge in [-0.3, -0.25) is 0 Å². The predicted molar refractivity (Wildman–Crippen MR) is 89.1 cm³/mol. The Balaban J connectivity index is 2.00. The summed E-state index contributed by atoms with van der Waals surface area (Å²) in [5.41, 5.74) is 0. The Labute approximate surface area is 132 Å². The number of rotatable bonds is 6. The molecular formula is C16H27N5O. The topological polar surface area (TPSA) is 60.5 Å². The zero-order valence-electron chi connectivity index (χ0n) is 13.7. The van der Waals surface area contributed by atoms with Crippen molar-refractivity contribution in [3.63, 3.8) is 0 Å². The van der Waals surface area contributed by atoms with Crippen molar-refractivity contribution in [1.29, 1.82) is 0 Å². The van der Waals surface area contributed by atoms with E-state index in [0.717, 1.165) is 31.9 Å². The Kier molecular flexibility index (Phi) is 6.00. The third-order valence-electron chi connectivity index (χ3n) is 3.87. The molecule has 1 saturated heterocycles. The SMILES string of the molecule is CCCNC(=O)N[C@@H]1CN(c2ccccn2)C[C@H]1CN(C)C. The summed E-state index contributed by atoms with van der Waals surface area (Å²) in [5, 5.41) is 6.01. The van der Waals surface area contributed by atoms with Gasteiger partial charge in [-0.05, 0) is 32.6 Å². The maximum Gasteiger partial charge on any atom is 0.315 e. The van der Waals surface area contributed by atoms with Crippen molar-refractivity contribution in [2.24, 2.45) is 5.92 Å². The van der Waals surface area contributed by atoms with Crippen LogP contribution in [0.2, 0.25) is 0 Å². The van der Waals surface area contributed by atoms with Crippen LogP contribution in [0.4, 0.5) is 10.6 Å². The lowest BCUT2D eigenvalue weighted by Crippen LogP contribution is -2.47. The van der Waals surface area contributed by atoms with Crippen LogP contribution in [0.1, 0.15) is 13.3 Å². The van der Waals surface area contributed by atoms with E-state index in [9.17, 15) is 4.79 Å². The Morgan fingerprint density at radius 3 is 2.86 bits per heavy atom. The van der Waals surface area contributed by atoms with Crippen molar-refractivity contribution in [2.75, 3.05) is 45.2 Å². The maximum absolute atomic E-state index is 12.0. The van der Waals surface area contributed by atoms with Gasteiger partial charge in [-0.25, -0.2) is 9.78 Å². The van der Waals surface area contributed by atoms with Crippen LogP contribution < -0.4 is 15.5 Å². The van der Waals surface area contributed by atoms with Gasteiger partial charge in [0.2, 0.25) is 0 Å². The van der Waals surface area contributed by atoms with E-state index >= 15 is 0 Å². The van der Waals surface area contributed by atoms with E-state index in [1.165, 1.54) is 0 Å². The van der Waals surface area contributed by atoms with Crippen LogP contribution in [0.15, 0.2) is 24.4 Å². The number of nitrogens with one attached hydrogen (secondary N) is 2. The zero-order valence-corrected chi connectivity index (χ0v) is 13.7. The van der Waals surface area contributed by atoms with Gasteiger partial charge in [0.05, 0.1) is 6.04 Å². The highest BCUT2D eigenvalue weighted by atomic mass is 16.2. The van der Waals surface area contributed by atoms with E-state index in [1.807, 2.05) is 31.3 Å². The van der Waals surface area contributed by atoms with E-state index in [-0.39, 0.29) is 12.1 Å². The van der Waals surface area contributed by atoms with Gasteiger partial charge >= 0.3 is 6.03 Å². The summed E-state index contributed by atoms with van der Waals surface area (Å²) in [6, 6.07) is 6.01. The quantitative estimate of drug-likeness (QED) is 0.828. The number of aromatic nitrogens is 1. The average molecular weight is 305 g/mol. The van der Waals surface area contributed by atoms with E-state index in [4.69, 9.17) is 0 Å². The lowest BCUT2D eigenvalue weighted by atomic mass is 10.0. The third-order valence-corrected chi connectivity index (χ3v) is 3.87. The molecule has 2 rings (SSSR count). The molecule has 6 nitrogen and oxygen atoms in total. The molecule has 0 unspecified atom stereocenters. The molecule has 22 heavy (non-hydrogen) atoms. The first-order chi connectivity index (χ1) is 10.6. The van der Waals surface area contributed by atoms with Crippen molar-refractivity contribution >= 4 is 11.8 Å². The van der Waals surface area contributed by atoms with Crippen LogP contribution in [0.5, 0.6) is 0 Å². The predicted octanol–water partition coefficient (Wildman–Crippen LogP) is 1.16. The fraction of sp³-hybridized carbons (Fsp3) is 0.625. The van der Waals surface area contributed by atoms with E-state index in [2.05, 4.69) is 39.5 Å². The summed E-state index contributed by atoms with van der Waals surface area (Å²) in [5.74, 6) is 1.37. The van der Waals surface area contributed by atoms with Crippen LogP contribution in [0.25, 0.3) is 0 Å². The Bertz CT molecular complexity index is 465. The van der Waals surface area contributed by atoms with Crippen molar-refractivity contribution in [2.45, 2.75) is 19.4 Å². The van der Waals surface area contributed by atoms with Gasteiger partial charge in [-0.15, -0.1) is 0 Å². The minimum atomic E-state index is -0.0709. The highest BCUT2D eigenvalue weighted by molar-refractivity contribution is 5.74. The molecule has 0 aliphatic carbocycles. The standard InChI is InChI=1S/C16H27N5O/c1-4-8-18-16(22)19-14-12-21(11-13(14)10-20(2)3)15-7-5-6-9-17-15/h5-7,9,13-14H,4,8,10-12H2,1-3H3,(H2,18,19,22)/t13-,14-/m1/s1. The fourth-order valence-electron chi connectivity index (χ4n) is 2.87. The molecule has 2 atom stereocenters. The monoisotopic (exact) mass is 305 g/mol. The first-order valence-electron chi connectivity index (χ1n) is 7.95. The molecule has 0 saturated carbocycles. The van der Waals surface area contributed by atoms with E-state index in [1.54, 1.807) is 0 Å².